The first-order valence-electron chi connectivity index (χ1n) is 15.5. The molecule has 0 saturated heterocycles. The molecule has 224 valence electrons. The summed E-state index contributed by atoms with van der Waals surface area (Å²) in [4.78, 5) is 58.6. The molecule has 0 aliphatic carbocycles. The summed E-state index contributed by atoms with van der Waals surface area (Å²) in [6, 6.07) is 10.2. The molecule has 0 fully saturated rings. The summed E-state index contributed by atoms with van der Waals surface area (Å²) in [7, 11) is 0. The first kappa shape index (κ1) is 29.0. The third-order valence-electron chi connectivity index (χ3n) is 9.72. The van der Waals surface area contributed by atoms with Crippen LogP contribution in [0.5, 0.6) is 0 Å². The zero-order valence-corrected chi connectivity index (χ0v) is 26.7. The molecule has 2 aliphatic rings. The molecule has 2 atom stereocenters. The highest BCUT2D eigenvalue weighted by Gasteiger charge is 2.41. The number of fused-ring (bicyclic) bond motifs is 2. The van der Waals surface area contributed by atoms with Crippen LogP contribution in [0.2, 0.25) is 10.0 Å². The molecule has 5 aromatic carbocycles. The van der Waals surface area contributed by atoms with Crippen molar-refractivity contribution in [3.63, 3.8) is 0 Å². The molecule has 0 aromatic heterocycles. The number of carbonyl (C=O) groups is 4. The van der Waals surface area contributed by atoms with Gasteiger partial charge >= 0.3 is 0 Å². The largest absolute Gasteiger partial charge is 0.271 e. The molecule has 0 spiro atoms. The van der Waals surface area contributed by atoms with Gasteiger partial charge in [-0.15, -0.1) is 0 Å². The molecule has 2 unspecified atom stereocenters. The Balaban J connectivity index is 1.58. The van der Waals surface area contributed by atoms with Gasteiger partial charge in [0.15, 0.2) is 0 Å². The van der Waals surface area contributed by atoms with Crippen LogP contribution in [0.25, 0.3) is 43.1 Å². The van der Waals surface area contributed by atoms with Gasteiger partial charge in [-0.3, -0.25) is 29.0 Å². The maximum atomic E-state index is 14.0. The highest BCUT2D eigenvalue weighted by molar-refractivity contribution is 6.51. The van der Waals surface area contributed by atoms with Crippen LogP contribution in [0.15, 0.2) is 36.4 Å². The van der Waals surface area contributed by atoms with Crippen molar-refractivity contribution in [2.24, 2.45) is 0 Å². The lowest BCUT2D eigenvalue weighted by molar-refractivity contribution is 0.0510. The van der Waals surface area contributed by atoms with Crippen molar-refractivity contribution in [1.29, 1.82) is 0 Å². The Kier molecular flexibility index (Phi) is 6.87. The van der Waals surface area contributed by atoms with E-state index in [0.29, 0.717) is 78.5 Å². The topological polar surface area (TPSA) is 74.8 Å². The minimum Gasteiger partial charge on any atom is -0.271 e. The van der Waals surface area contributed by atoms with Gasteiger partial charge in [-0.1, -0.05) is 75.9 Å². The SMILES string of the molecule is CCCC(CC)N1C(=O)c2ccc3c4c(Cl)cc5c6c(cc(Cl)c(c7ccc(c2c37)C1=O)c64)C(=O)N(C(CC)CCC)C5=O. The second kappa shape index (κ2) is 10.4. The van der Waals surface area contributed by atoms with E-state index in [2.05, 4.69) is 0 Å². The van der Waals surface area contributed by atoms with E-state index in [1.54, 1.807) is 24.3 Å². The Morgan fingerprint density at radius 1 is 0.523 bits per heavy atom. The van der Waals surface area contributed by atoms with Crippen molar-refractivity contribution in [1.82, 2.24) is 9.80 Å². The maximum Gasteiger partial charge on any atom is 0.261 e. The summed E-state index contributed by atoms with van der Waals surface area (Å²) in [5.74, 6) is -1.30. The first-order valence-corrected chi connectivity index (χ1v) is 16.3. The van der Waals surface area contributed by atoms with Crippen LogP contribution in [0.1, 0.15) is 108 Å². The average molecular weight is 628 g/mol. The van der Waals surface area contributed by atoms with Crippen LogP contribution in [0.4, 0.5) is 0 Å². The number of imide groups is 2. The van der Waals surface area contributed by atoms with E-state index < -0.39 is 0 Å². The van der Waals surface area contributed by atoms with Gasteiger partial charge in [0.2, 0.25) is 0 Å². The lowest BCUT2D eigenvalue weighted by Crippen LogP contribution is -2.47. The number of nitrogens with zero attached hydrogens (tertiary/aromatic N) is 2. The number of carbonyl (C=O) groups excluding carboxylic acids is 4. The first-order chi connectivity index (χ1) is 21.2. The van der Waals surface area contributed by atoms with Gasteiger partial charge in [0.05, 0.1) is 11.1 Å². The smallest absolute Gasteiger partial charge is 0.261 e. The van der Waals surface area contributed by atoms with Gasteiger partial charge in [-0.05, 0) is 66.1 Å². The lowest BCUT2D eigenvalue weighted by atomic mass is 9.81. The third kappa shape index (κ3) is 3.67. The predicted molar refractivity (Wildman–Crippen MR) is 177 cm³/mol. The van der Waals surface area contributed by atoms with Crippen LogP contribution in [0, 0.1) is 0 Å². The van der Waals surface area contributed by atoms with Crippen LogP contribution in [-0.4, -0.2) is 45.5 Å². The quantitative estimate of drug-likeness (QED) is 0.0976. The van der Waals surface area contributed by atoms with Gasteiger partial charge in [-0.2, -0.15) is 0 Å². The van der Waals surface area contributed by atoms with Gasteiger partial charge in [0.1, 0.15) is 0 Å². The van der Waals surface area contributed by atoms with E-state index in [-0.39, 0.29) is 35.7 Å². The molecule has 5 aromatic rings. The summed E-state index contributed by atoms with van der Waals surface area (Å²) in [6.45, 7) is 8.06. The Morgan fingerprint density at radius 3 is 1.30 bits per heavy atom. The molecule has 4 amide bonds. The van der Waals surface area contributed by atoms with Crippen LogP contribution >= 0.6 is 23.2 Å². The second-order valence-corrected chi connectivity index (χ2v) is 12.9. The Bertz CT molecular complexity index is 1980. The molecule has 2 heterocycles. The summed E-state index contributed by atoms with van der Waals surface area (Å²) in [5, 5.41) is 6.00. The molecule has 44 heavy (non-hydrogen) atoms. The highest BCUT2D eigenvalue weighted by atomic mass is 35.5. The lowest BCUT2D eigenvalue weighted by Gasteiger charge is -2.35. The minimum absolute atomic E-state index is 0.185. The monoisotopic (exact) mass is 626 g/mol. The number of hydrogen-bond donors (Lipinski definition) is 0. The molecule has 2 aliphatic heterocycles. The van der Waals surface area contributed by atoms with E-state index in [1.807, 2.05) is 39.8 Å². The van der Waals surface area contributed by atoms with Crippen molar-refractivity contribution >= 4 is 89.9 Å². The summed E-state index contributed by atoms with van der Waals surface area (Å²) in [5.41, 5.74) is 1.71. The molecule has 6 nitrogen and oxygen atoms in total. The average Bonchev–Trinajstić information content (AvgIpc) is 3.01. The Morgan fingerprint density at radius 2 is 0.909 bits per heavy atom. The van der Waals surface area contributed by atoms with Crippen molar-refractivity contribution in [2.45, 2.75) is 78.3 Å². The zero-order chi connectivity index (χ0) is 31.2. The van der Waals surface area contributed by atoms with E-state index in [4.69, 9.17) is 23.2 Å². The number of amides is 4. The highest BCUT2D eigenvalue weighted by Crippen LogP contribution is 2.50. The third-order valence-corrected chi connectivity index (χ3v) is 10.3. The number of rotatable bonds is 8. The van der Waals surface area contributed by atoms with Crippen molar-refractivity contribution in [3.05, 3.63) is 68.7 Å². The fraction of sp³-hybridized carbons (Fsp3) is 0.333. The zero-order valence-electron chi connectivity index (χ0n) is 25.1. The van der Waals surface area contributed by atoms with Gasteiger partial charge in [-0.25, -0.2) is 0 Å². The molecule has 0 radical (unpaired) electrons. The standard InChI is InChI=1S/C36H32Cl2N2O4/c1-5-9-17(7-3)39-33(41)21-13-11-19-27-20(12-14-22(28(21)27)34(39)42)31-26(38)16-24-29-23(15-25(37)30(19)32(29)31)35(43)40(36(24)44)18(8-4)10-6-2/h11-18H,5-10H2,1-4H3. The van der Waals surface area contributed by atoms with Gasteiger partial charge in [0.25, 0.3) is 23.6 Å². The van der Waals surface area contributed by atoms with E-state index in [1.165, 1.54) is 9.80 Å². The number of hydrogen-bond acceptors (Lipinski definition) is 4. The fourth-order valence-corrected chi connectivity index (χ4v) is 8.38. The summed E-state index contributed by atoms with van der Waals surface area (Å²) >= 11 is 14.1. The second-order valence-electron chi connectivity index (χ2n) is 12.0. The maximum absolute atomic E-state index is 14.0. The van der Waals surface area contributed by atoms with Crippen molar-refractivity contribution < 1.29 is 19.2 Å². The predicted octanol–water partition coefficient (Wildman–Crippen LogP) is 9.39. The molecule has 0 bridgehead atoms. The van der Waals surface area contributed by atoms with E-state index in [0.717, 1.165) is 35.4 Å². The van der Waals surface area contributed by atoms with Crippen LogP contribution < -0.4 is 0 Å². The molecular weight excluding hydrogens is 595 g/mol. The molecule has 0 N–H and O–H groups in total. The van der Waals surface area contributed by atoms with E-state index >= 15 is 0 Å². The van der Waals surface area contributed by atoms with Gasteiger partial charge in [0, 0.05) is 60.2 Å². The Hall–Kier alpha value is -3.74. The van der Waals surface area contributed by atoms with Crippen molar-refractivity contribution in [2.75, 3.05) is 0 Å². The number of benzene rings is 5. The molecule has 8 heteroatoms. The fourth-order valence-electron chi connectivity index (χ4n) is 7.77. The van der Waals surface area contributed by atoms with Crippen LogP contribution in [0.3, 0.4) is 0 Å². The summed E-state index contributed by atoms with van der Waals surface area (Å²) in [6.07, 6.45) is 4.46. The number of halogens is 2. The molecule has 0 saturated carbocycles. The Labute approximate surface area is 265 Å². The molecule has 7 rings (SSSR count). The normalized spacial score (nSPS) is 16.4. The van der Waals surface area contributed by atoms with Gasteiger partial charge < -0.3 is 0 Å². The van der Waals surface area contributed by atoms with Crippen molar-refractivity contribution in [3.8, 4) is 0 Å². The minimum atomic E-state index is -0.352. The molecular formula is C36H32Cl2N2O4. The van der Waals surface area contributed by atoms with E-state index in [9.17, 15) is 19.2 Å². The van der Waals surface area contributed by atoms with Crippen LogP contribution in [-0.2, 0) is 0 Å². The summed E-state index contributed by atoms with van der Waals surface area (Å²) < 4.78 is 0.